The van der Waals surface area contributed by atoms with Gasteiger partial charge in [0.15, 0.2) is 0 Å². The molecule has 5 nitrogen and oxygen atoms in total. The van der Waals surface area contributed by atoms with Crippen molar-refractivity contribution in [2.24, 2.45) is 0 Å². The van der Waals surface area contributed by atoms with Crippen molar-refractivity contribution >= 4 is 35.0 Å². The largest absolute Gasteiger partial charge is 0.494 e. The van der Waals surface area contributed by atoms with Crippen LogP contribution in [-0.2, 0) is 0 Å². The molecule has 0 unspecified atom stereocenters. The van der Waals surface area contributed by atoms with Crippen LogP contribution in [0, 0.1) is 0 Å². The van der Waals surface area contributed by atoms with Crippen LogP contribution in [0.2, 0.25) is 10.0 Å². The first-order chi connectivity index (χ1) is 13.5. The Morgan fingerprint density at radius 3 is 2.29 bits per heavy atom. The molecule has 0 radical (unpaired) electrons. The van der Waals surface area contributed by atoms with Crippen LogP contribution < -0.4 is 10.1 Å². The molecular weight excluding hydrogens is 399 g/mol. The van der Waals surface area contributed by atoms with Gasteiger partial charge in [0.1, 0.15) is 5.75 Å². The third kappa shape index (κ3) is 4.97. The van der Waals surface area contributed by atoms with Crippen molar-refractivity contribution in [2.45, 2.75) is 25.8 Å². The molecule has 2 aromatic rings. The molecule has 3 rings (SSSR count). The number of amides is 2. The number of ether oxygens (including phenoxy) is 1. The SMILES string of the molecule is CCOc1ccc(C(=O)N2CCC(NC(=O)c3ccc(Cl)c(Cl)c3)CC2)cc1. The van der Waals surface area contributed by atoms with E-state index < -0.39 is 0 Å². The molecule has 0 saturated carbocycles. The second-order valence-electron chi connectivity index (χ2n) is 6.63. The highest BCUT2D eigenvalue weighted by Crippen LogP contribution is 2.23. The van der Waals surface area contributed by atoms with Crippen LogP contribution in [0.3, 0.4) is 0 Å². The Hall–Kier alpha value is -2.24. The number of hydrogen-bond acceptors (Lipinski definition) is 3. The Balaban J connectivity index is 1.52. The monoisotopic (exact) mass is 420 g/mol. The Bertz CT molecular complexity index is 847. The van der Waals surface area contributed by atoms with E-state index in [9.17, 15) is 9.59 Å². The van der Waals surface area contributed by atoms with Gasteiger partial charge in [-0.2, -0.15) is 0 Å². The minimum atomic E-state index is -0.185. The summed E-state index contributed by atoms with van der Waals surface area (Å²) in [6, 6.07) is 12.0. The van der Waals surface area contributed by atoms with Gasteiger partial charge in [-0.25, -0.2) is 0 Å². The predicted molar refractivity (Wildman–Crippen MR) is 110 cm³/mol. The van der Waals surface area contributed by atoms with Crippen LogP contribution in [0.5, 0.6) is 5.75 Å². The molecular formula is C21H22Cl2N2O3. The summed E-state index contributed by atoms with van der Waals surface area (Å²) in [6.45, 7) is 3.70. The zero-order chi connectivity index (χ0) is 20.1. The van der Waals surface area contributed by atoms with Crippen LogP contribution in [-0.4, -0.2) is 42.5 Å². The zero-order valence-corrected chi connectivity index (χ0v) is 17.1. The topological polar surface area (TPSA) is 58.6 Å². The lowest BCUT2D eigenvalue weighted by Crippen LogP contribution is -2.46. The van der Waals surface area contributed by atoms with E-state index in [0.29, 0.717) is 53.7 Å². The molecule has 28 heavy (non-hydrogen) atoms. The highest BCUT2D eigenvalue weighted by atomic mass is 35.5. The van der Waals surface area contributed by atoms with E-state index >= 15 is 0 Å². The van der Waals surface area contributed by atoms with E-state index in [2.05, 4.69) is 5.32 Å². The summed E-state index contributed by atoms with van der Waals surface area (Å²) in [5.74, 6) is 0.565. The van der Waals surface area contributed by atoms with Gasteiger partial charge in [-0.05, 0) is 62.2 Å². The molecule has 0 aromatic heterocycles. The average Bonchev–Trinajstić information content (AvgIpc) is 2.71. The summed E-state index contributed by atoms with van der Waals surface area (Å²) < 4.78 is 5.41. The molecule has 0 spiro atoms. The van der Waals surface area contributed by atoms with E-state index in [1.165, 1.54) is 0 Å². The fourth-order valence-corrected chi connectivity index (χ4v) is 3.47. The molecule has 1 fully saturated rings. The van der Waals surface area contributed by atoms with Gasteiger partial charge in [-0.1, -0.05) is 23.2 Å². The Morgan fingerprint density at radius 2 is 1.68 bits per heavy atom. The summed E-state index contributed by atoms with van der Waals surface area (Å²) in [6.07, 6.45) is 1.41. The van der Waals surface area contributed by atoms with E-state index in [1.807, 2.05) is 11.8 Å². The summed E-state index contributed by atoms with van der Waals surface area (Å²) in [4.78, 5) is 26.9. The number of likely N-dealkylation sites (tertiary alicyclic amines) is 1. The first-order valence-corrected chi connectivity index (χ1v) is 10.0. The van der Waals surface area contributed by atoms with Crippen LogP contribution in [0.1, 0.15) is 40.5 Å². The smallest absolute Gasteiger partial charge is 0.253 e. The van der Waals surface area contributed by atoms with Crippen molar-refractivity contribution in [1.29, 1.82) is 0 Å². The Morgan fingerprint density at radius 1 is 1.04 bits per heavy atom. The third-order valence-electron chi connectivity index (χ3n) is 4.71. The van der Waals surface area contributed by atoms with Crippen LogP contribution >= 0.6 is 23.2 Å². The van der Waals surface area contributed by atoms with E-state index in [-0.39, 0.29) is 17.9 Å². The first kappa shape index (κ1) is 20.5. The van der Waals surface area contributed by atoms with Crippen molar-refractivity contribution in [2.75, 3.05) is 19.7 Å². The number of nitrogens with one attached hydrogen (secondary N) is 1. The van der Waals surface area contributed by atoms with Gasteiger partial charge < -0.3 is 15.0 Å². The maximum Gasteiger partial charge on any atom is 0.253 e. The number of nitrogens with zero attached hydrogens (tertiary/aromatic N) is 1. The van der Waals surface area contributed by atoms with Gasteiger partial charge in [0.05, 0.1) is 16.7 Å². The Kier molecular flexibility index (Phi) is 6.81. The number of halogens is 2. The minimum absolute atomic E-state index is 0.00249. The normalized spacial score (nSPS) is 14.6. The van der Waals surface area contributed by atoms with Crippen LogP contribution in [0.15, 0.2) is 42.5 Å². The first-order valence-electron chi connectivity index (χ1n) is 9.26. The highest BCUT2D eigenvalue weighted by Gasteiger charge is 2.25. The predicted octanol–water partition coefficient (Wildman–Crippen LogP) is 4.43. The summed E-state index contributed by atoms with van der Waals surface area (Å²) in [5.41, 5.74) is 1.11. The number of benzene rings is 2. The number of hydrogen-bond donors (Lipinski definition) is 1. The maximum atomic E-state index is 12.7. The number of carbonyl (C=O) groups excluding carboxylic acids is 2. The van der Waals surface area contributed by atoms with Gasteiger partial charge >= 0.3 is 0 Å². The van der Waals surface area contributed by atoms with Gasteiger partial charge in [-0.3, -0.25) is 9.59 Å². The lowest BCUT2D eigenvalue weighted by atomic mass is 10.0. The average molecular weight is 421 g/mol. The van der Waals surface area contributed by atoms with Crippen molar-refractivity contribution in [3.05, 3.63) is 63.6 Å². The maximum absolute atomic E-state index is 12.7. The molecule has 1 N–H and O–H groups in total. The van der Waals surface area contributed by atoms with E-state index in [0.717, 1.165) is 5.75 Å². The lowest BCUT2D eigenvalue weighted by Gasteiger charge is -2.32. The Labute approximate surface area is 174 Å². The van der Waals surface area contributed by atoms with Crippen molar-refractivity contribution in [3.8, 4) is 5.75 Å². The molecule has 1 aliphatic heterocycles. The standard InChI is InChI=1S/C21H22Cl2N2O3/c1-2-28-17-6-3-14(4-7-17)21(27)25-11-9-16(10-12-25)24-20(26)15-5-8-18(22)19(23)13-15/h3-8,13,16H,2,9-12H2,1H3,(H,24,26). The molecule has 0 bridgehead atoms. The molecule has 1 saturated heterocycles. The molecule has 1 heterocycles. The van der Waals surface area contributed by atoms with Crippen molar-refractivity contribution in [3.63, 3.8) is 0 Å². The van der Waals surface area contributed by atoms with E-state index in [4.69, 9.17) is 27.9 Å². The van der Waals surface area contributed by atoms with Crippen molar-refractivity contribution in [1.82, 2.24) is 10.2 Å². The van der Waals surface area contributed by atoms with Gasteiger partial charge in [0.25, 0.3) is 11.8 Å². The fraction of sp³-hybridized carbons (Fsp3) is 0.333. The van der Waals surface area contributed by atoms with E-state index in [1.54, 1.807) is 42.5 Å². The molecule has 1 aliphatic rings. The summed E-state index contributed by atoms with van der Waals surface area (Å²) in [5, 5.41) is 3.78. The van der Waals surface area contributed by atoms with Crippen molar-refractivity contribution < 1.29 is 14.3 Å². The number of carbonyl (C=O) groups is 2. The molecule has 2 amide bonds. The molecule has 2 aromatic carbocycles. The highest BCUT2D eigenvalue weighted by molar-refractivity contribution is 6.42. The molecule has 148 valence electrons. The molecule has 7 heteroatoms. The number of piperidine rings is 1. The lowest BCUT2D eigenvalue weighted by molar-refractivity contribution is 0.0698. The second kappa shape index (κ2) is 9.30. The third-order valence-corrected chi connectivity index (χ3v) is 5.45. The van der Waals surface area contributed by atoms with Crippen LogP contribution in [0.4, 0.5) is 0 Å². The summed E-state index contributed by atoms with van der Waals surface area (Å²) >= 11 is 11.9. The molecule has 0 aliphatic carbocycles. The van der Waals surface area contributed by atoms with Gasteiger partial charge in [-0.15, -0.1) is 0 Å². The molecule has 0 atom stereocenters. The van der Waals surface area contributed by atoms with Gasteiger partial charge in [0.2, 0.25) is 0 Å². The second-order valence-corrected chi connectivity index (χ2v) is 7.44. The zero-order valence-electron chi connectivity index (χ0n) is 15.6. The van der Waals surface area contributed by atoms with Gasteiger partial charge in [0, 0.05) is 30.3 Å². The quantitative estimate of drug-likeness (QED) is 0.778. The summed E-state index contributed by atoms with van der Waals surface area (Å²) in [7, 11) is 0. The fourth-order valence-electron chi connectivity index (χ4n) is 3.18. The van der Waals surface area contributed by atoms with Crippen LogP contribution in [0.25, 0.3) is 0 Å². The minimum Gasteiger partial charge on any atom is -0.494 e. The number of rotatable bonds is 5.